The van der Waals surface area contributed by atoms with Crippen LogP contribution in [0.25, 0.3) is 11.1 Å². The molecule has 1 N–H and O–H groups in total. The van der Waals surface area contributed by atoms with E-state index in [0.29, 0.717) is 5.75 Å². The predicted molar refractivity (Wildman–Crippen MR) is 67.5 cm³/mol. The van der Waals surface area contributed by atoms with E-state index in [9.17, 15) is 5.11 Å². The third-order valence-electron chi connectivity index (χ3n) is 3.22. The molecule has 0 saturated heterocycles. The Morgan fingerprint density at radius 2 is 1.82 bits per heavy atom. The van der Waals surface area contributed by atoms with Crippen molar-refractivity contribution in [3.8, 4) is 22.6 Å². The van der Waals surface area contributed by atoms with E-state index in [4.69, 9.17) is 4.74 Å². The number of fused-ring (bicyclic) bond motifs is 1. The van der Waals surface area contributed by atoms with E-state index in [1.807, 2.05) is 25.1 Å². The molecule has 3 rings (SSSR count). The van der Waals surface area contributed by atoms with Crippen LogP contribution in [-0.4, -0.2) is 11.7 Å². The topological polar surface area (TPSA) is 29.5 Å². The summed E-state index contributed by atoms with van der Waals surface area (Å²) in [5, 5.41) is 9.53. The van der Waals surface area contributed by atoms with Gasteiger partial charge in [0.1, 0.15) is 11.5 Å². The first-order chi connectivity index (χ1) is 8.24. The van der Waals surface area contributed by atoms with E-state index in [1.54, 1.807) is 6.07 Å². The SMILES string of the molecule is Cc1cc(-c2ccc3c(c2)CCO3)ccc1O. The zero-order valence-electron chi connectivity index (χ0n) is 9.73. The van der Waals surface area contributed by atoms with E-state index < -0.39 is 0 Å². The summed E-state index contributed by atoms with van der Waals surface area (Å²) in [5.74, 6) is 1.35. The number of hydrogen-bond acceptors (Lipinski definition) is 2. The molecule has 17 heavy (non-hydrogen) atoms. The summed E-state index contributed by atoms with van der Waals surface area (Å²) in [5.41, 5.74) is 4.49. The number of ether oxygens (including phenoxy) is 1. The van der Waals surface area contributed by atoms with Crippen molar-refractivity contribution < 1.29 is 9.84 Å². The molecular weight excluding hydrogens is 212 g/mol. The van der Waals surface area contributed by atoms with E-state index in [1.165, 1.54) is 11.1 Å². The molecule has 0 atom stereocenters. The summed E-state index contributed by atoms with van der Waals surface area (Å²) in [6.07, 6.45) is 0.986. The van der Waals surface area contributed by atoms with Gasteiger partial charge in [-0.2, -0.15) is 0 Å². The van der Waals surface area contributed by atoms with Crippen molar-refractivity contribution in [2.24, 2.45) is 0 Å². The van der Waals surface area contributed by atoms with Gasteiger partial charge in [0.05, 0.1) is 6.61 Å². The molecule has 0 spiro atoms. The van der Waals surface area contributed by atoms with Gasteiger partial charge in [0.25, 0.3) is 0 Å². The summed E-state index contributed by atoms with van der Waals surface area (Å²) in [4.78, 5) is 0. The van der Waals surface area contributed by atoms with Crippen LogP contribution in [-0.2, 0) is 6.42 Å². The van der Waals surface area contributed by atoms with Crippen molar-refractivity contribution in [1.29, 1.82) is 0 Å². The molecule has 0 saturated carbocycles. The van der Waals surface area contributed by atoms with Crippen LogP contribution in [0.4, 0.5) is 0 Å². The fourth-order valence-corrected chi connectivity index (χ4v) is 2.20. The molecule has 2 aromatic rings. The van der Waals surface area contributed by atoms with Gasteiger partial charge in [-0.25, -0.2) is 0 Å². The Balaban J connectivity index is 2.06. The van der Waals surface area contributed by atoms with Crippen molar-refractivity contribution >= 4 is 0 Å². The van der Waals surface area contributed by atoms with Gasteiger partial charge in [-0.1, -0.05) is 12.1 Å². The van der Waals surface area contributed by atoms with Gasteiger partial charge in [-0.3, -0.25) is 0 Å². The first-order valence-corrected chi connectivity index (χ1v) is 5.80. The normalized spacial score (nSPS) is 13.2. The quantitative estimate of drug-likeness (QED) is 0.808. The van der Waals surface area contributed by atoms with E-state index in [-0.39, 0.29) is 0 Å². The minimum Gasteiger partial charge on any atom is -0.508 e. The smallest absolute Gasteiger partial charge is 0.122 e. The largest absolute Gasteiger partial charge is 0.508 e. The minimum atomic E-state index is 0.346. The third-order valence-corrected chi connectivity index (χ3v) is 3.22. The summed E-state index contributed by atoms with van der Waals surface area (Å²) in [7, 11) is 0. The van der Waals surface area contributed by atoms with Crippen LogP contribution in [0.2, 0.25) is 0 Å². The molecule has 0 bridgehead atoms. The lowest BCUT2D eigenvalue weighted by Crippen LogP contribution is -1.85. The van der Waals surface area contributed by atoms with Crippen LogP contribution in [0.5, 0.6) is 11.5 Å². The molecule has 0 aromatic heterocycles. The second-order valence-corrected chi connectivity index (χ2v) is 4.42. The third kappa shape index (κ3) is 1.76. The summed E-state index contributed by atoms with van der Waals surface area (Å²) in [6.45, 7) is 2.70. The summed E-state index contributed by atoms with van der Waals surface area (Å²) >= 11 is 0. The molecule has 0 radical (unpaired) electrons. The van der Waals surface area contributed by atoms with Crippen molar-refractivity contribution in [2.75, 3.05) is 6.61 Å². The molecule has 0 amide bonds. The molecule has 0 fully saturated rings. The molecule has 2 aromatic carbocycles. The van der Waals surface area contributed by atoms with Crippen LogP contribution in [0.3, 0.4) is 0 Å². The number of rotatable bonds is 1. The molecule has 2 heteroatoms. The maximum Gasteiger partial charge on any atom is 0.122 e. The van der Waals surface area contributed by atoms with Crippen molar-refractivity contribution in [3.63, 3.8) is 0 Å². The lowest BCUT2D eigenvalue weighted by molar-refractivity contribution is 0.357. The molecule has 1 heterocycles. The molecule has 0 unspecified atom stereocenters. The zero-order chi connectivity index (χ0) is 11.8. The van der Waals surface area contributed by atoms with Gasteiger partial charge in [0, 0.05) is 6.42 Å². The van der Waals surface area contributed by atoms with E-state index in [2.05, 4.69) is 12.1 Å². The Kier molecular flexibility index (Phi) is 2.29. The van der Waals surface area contributed by atoms with Crippen LogP contribution in [0, 0.1) is 6.92 Å². The zero-order valence-corrected chi connectivity index (χ0v) is 9.73. The average Bonchev–Trinajstić information content (AvgIpc) is 2.79. The molecular formula is C15H14O2. The lowest BCUT2D eigenvalue weighted by atomic mass is 10.00. The van der Waals surface area contributed by atoms with Gasteiger partial charge < -0.3 is 9.84 Å². The van der Waals surface area contributed by atoms with Crippen LogP contribution in [0.15, 0.2) is 36.4 Å². The Labute approximate surface area is 100 Å². The highest BCUT2D eigenvalue weighted by Gasteiger charge is 2.12. The van der Waals surface area contributed by atoms with Gasteiger partial charge in [0.2, 0.25) is 0 Å². The molecule has 0 aliphatic carbocycles. The molecule has 1 aliphatic heterocycles. The van der Waals surface area contributed by atoms with Crippen molar-refractivity contribution in [3.05, 3.63) is 47.5 Å². The maximum absolute atomic E-state index is 9.53. The molecule has 1 aliphatic rings. The first kappa shape index (κ1) is 10.2. The number of aromatic hydroxyl groups is 1. The summed E-state index contributed by atoms with van der Waals surface area (Å²) in [6, 6.07) is 12.0. The Bertz CT molecular complexity index is 573. The second kappa shape index (κ2) is 3.81. The van der Waals surface area contributed by atoms with E-state index in [0.717, 1.165) is 29.9 Å². The van der Waals surface area contributed by atoms with Crippen LogP contribution >= 0.6 is 0 Å². The van der Waals surface area contributed by atoms with Gasteiger partial charge in [0.15, 0.2) is 0 Å². The van der Waals surface area contributed by atoms with E-state index >= 15 is 0 Å². The van der Waals surface area contributed by atoms with Crippen LogP contribution < -0.4 is 4.74 Å². The fourth-order valence-electron chi connectivity index (χ4n) is 2.20. The Hall–Kier alpha value is -1.96. The number of phenols is 1. The average molecular weight is 226 g/mol. The number of benzene rings is 2. The molecule has 2 nitrogen and oxygen atoms in total. The molecule has 86 valence electrons. The number of phenolic OH excluding ortho intramolecular Hbond substituents is 1. The van der Waals surface area contributed by atoms with Gasteiger partial charge >= 0.3 is 0 Å². The van der Waals surface area contributed by atoms with Crippen molar-refractivity contribution in [2.45, 2.75) is 13.3 Å². The second-order valence-electron chi connectivity index (χ2n) is 4.42. The fraction of sp³-hybridized carbons (Fsp3) is 0.200. The number of hydrogen-bond donors (Lipinski definition) is 1. The minimum absolute atomic E-state index is 0.346. The highest BCUT2D eigenvalue weighted by Crippen LogP contribution is 2.31. The highest BCUT2D eigenvalue weighted by atomic mass is 16.5. The van der Waals surface area contributed by atoms with Crippen LogP contribution in [0.1, 0.15) is 11.1 Å². The van der Waals surface area contributed by atoms with Crippen molar-refractivity contribution in [1.82, 2.24) is 0 Å². The Morgan fingerprint density at radius 3 is 2.65 bits per heavy atom. The predicted octanol–water partition coefficient (Wildman–Crippen LogP) is 3.30. The summed E-state index contributed by atoms with van der Waals surface area (Å²) < 4.78 is 5.49. The maximum atomic E-state index is 9.53. The number of aryl methyl sites for hydroxylation is 1. The highest BCUT2D eigenvalue weighted by molar-refractivity contribution is 5.67. The Morgan fingerprint density at radius 1 is 1.06 bits per heavy atom. The first-order valence-electron chi connectivity index (χ1n) is 5.80. The monoisotopic (exact) mass is 226 g/mol. The lowest BCUT2D eigenvalue weighted by Gasteiger charge is -2.06. The van der Waals surface area contributed by atoms with Gasteiger partial charge in [-0.05, 0) is 53.4 Å². The standard InChI is InChI=1S/C15H14O2/c1-10-8-11(2-4-14(10)16)12-3-5-15-13(9-12)6-7-17-15/h2-5,8-9,16H,6-7H2,1H3. The van der Waals surface area contributed by atoms with Gasteiger partial charge in [-0.15, -0.1) is 0 Å².